The van der Waals surface area contributed by atoms with E-state index in [0.717, 1.165) is 57.5 Å². The van der Waals surface area contributed by atoms with E-state index in [-0.39, 0.29) is 0 Å². The van der Waals surface area contributed by atoms with E-state index in [1.807, 2.05) is 12.1 Å². The van der Waals surface area contributed by atoms with Gasteiger partial charge in [-0.3, -0.25) is 0 Å². The third-order valence-corrected chi connectivity index (χ3v) is 8.12. The molecule has 0 radical (unpaired) electrons. The smallest absolute Gasteiger partial charge is 0.241 e. The fourth-order valence-electron chi connectivity index (χ4n) is 4.59. The number of nitrogens with one attached hydrogen (secondary N) is 1. The molecule has 2 aliphatic carbocycles. The second-order valence-electron chi connectivity index (χ2n) is 8.66. The summed E-state index contributed by atoms with van der Waals surface area (Å²) in [5, 5.41) is 0. The molecule has 0 unspecified atom stereocenters. The lowest BCUT2D eigenvalue weighted by Gasteiger charge is -2.42. The molecule has 5 nitrogen and oxygen atoms in total. The Morgan fingerprint density at radius 1 is 1.19 bits per heavy atom. The number of rotatable bonds is 8. The molecule has 0 spiro atoms. The first-order chi connectivity index (χ1) is 13.0. The standard InChI is InChI=1S/C21H32N2O3S/c1-26-14-11-21(9-12-23(13-10-21)16-17-5-6-17)22-27(24,25)20-8-7-18-3-2-4-19(18)15-20/h7-8,15,17,22H,2-6,9-14,16H2,1H3. The molecule has 1 aromatic carbocycles. The third-order valence-electron chi connectivity index (χ3n) is 6.54. The number of nitrogens with zero attached hydrogens (tertiary/aromatic N) is 1. The van der Waals surface area contributed by atoms with Gasteiger partial charge in [-0.05, 0) is 93.6 Å². The molecule has 1 aromatic rings. The number of hydrogen-bond acceptors (Lipinski definition) is 4. The first kappa shape index (κ1) is 19.4. The van der Waals surface area contributed by atoms with Crippen molar-refractivity contribution in [2.45, 2.75) is 61.8 Å². The number of methoxy groups -OCH3 is 1. The lowest BCUT2D eigenvalue weighted by Crippen LogP contribution is -2.55. The van der Waals surface area contributed by atoms with Crippen LogP contribution in [0.1, 0.15) is 49.7 Å². The first-order valence-electron chi connectivity index (χ1n) is 10.4. The Kier molecular flexibility index (Phi) is 5.61. The summed E-state index contributed by atoms with van der Waals surface area (Å²) in [6.45, 7) is 3.69. The van der Waals surface area contributed by atoms with Crippen LogP contribution in [0.5, 0.6) is 0 Å². The van der Waals surface area contributed by atoms with E-state index in [0.29, 0.717) is 11.5 Å². The van der Waals surface area contributed by atoms with Crippen LogP contribution >= 0.6 is 0 Å². The zero-order valence-corrected chi connectivity index (χ0v) is 17.2. The highest BCUT2D eigenvalue weighted by Crippen LogP contribution is 2.34. The predicted molar refractivity (Wildman–Crippen MR) is 106 cm³/mol. The van der Waals surface area contributed by atoms with E-state index >= 15 is 0 Å². The molecule has 2 fully saturated rings. The molecule has 1 heterocycles. The van der Waals surface area contributed by atoms with Crippen molar-refractivity contribution in [3.63, 3.8) is 0 Å². The number of piperidine rings is 1. The van der Waals surface area contributed by atoms with Gasteiger partial charge in [0.05, 0.1) is 4.90 Å². The molecule has 3 aliphatic rings. The van der Waals surface area contributed by atoms with Gasteiger partial charge in [0, 0.05) is 25.8 Å². The number of ether oxygens (including phenoxy) is 1. The van der Waals surface area contributed by atoms with Gasteiger partial charge in [0.15, 0.2) is 0 Å². The Hall–Kier alpha value is -0.950. The average Bonchev–Trinajstić information content (AvgIpc) is 3.34. The zero-order chi connectivity index (χ0) is 18.9. The molecule has 1 saturated carbocycles. The topological polar surface area (TPSA) is 58.6 Å². The van der Waals surface area contributed by atoms with Gasteiger partial charge in [-0.15, -0.1) is 0 Å². The van der Waals surface area contributed by atoms with Crippen molar-refractivity contribution >= 4 is 10.0 Å². The van der Waals surface area contributed by atoms with Crippen LogP contribution in [0, 0.1) is 5.92 Å². The Morgan fingerprint density at radius 3 is 2.63 bits per heavy atom. The molecule has 150 valence electrons. The molecule has 1 aliphatic heterocycles. The van der Waals surface area contributed by atoms with Crippen molar-refractivity contribution in [1.29, 1.82) is 0 Å². The summed E-state index contributed by atoms with van der Waals surface area (Å²) >= 11 is 0. The van der Waals surface area contributed by atoms with E-state index < -0.39 is 15.6 Å². The van der Waals surface area contributed by atoms with Crippen LogP contribution in [0.15, 0.2) is 23.1 Å². The summed E-state index contributed by atoms with van der Waals surface area (Å²) < 4.78 is 34.8. The number of fused-ring (bicyclic) bond motifs is 1. The number of benzene rings is 1. The summed E-state index contributed by atoms with van der Waals surface area (Å²) in [6, 6.07) is 5.66. The van der Waals surface area contributed by atoms with Crippen LogP contribution in [0.2, 0.25) is 0 Å². The molecule has 1 saturated heterocycles. The Morgan fingerprint density at radius 2 is 1.93 bits per heavy atom. The van der Waals surface area contributed by atoms with Crippen molar-refractivity contribution in [2.75, 3.05) is 33.4 Å². The number of aryl methyl sites for hydroxylation is 2. The number of likely N-dealkylation sites (tertiary alicyclic amines) is 1. The normalized spacial score (nSPS) is 22.7. The van der Waals surface area contributed by atoms with Gasteiger partial charge in [0.25, 0.3) is 0 Å². The fraction of sp³-hybridized carbons (Fsp3) is 0.714. The summed E-state index contributed by atoms with van der Waals surface area (Å²) in [5.41, 5.74) is 2.10. The van der Waals surface area contributed by atoms with Crippen molar-refractivity contribution in [1.82, 2.24) is 9.62 Å². The maximum Gasteiger partial charge on any atom is 0.241 e. The third kappa shape index (κ3) is 4.56. The van der Waals surface area contributed by atoms with Gasteiger partial charge < -0.3 is 9.64 Å². The van der Waals surface area contributed by atoms with Crippen LogP contribution in [0.4, 0.5) is 0 Å². The maximum absolute atomic E-state index is 13.2. The number of sulfonamides is 1. The molecule has 0 atom stereocenters. The van der Waals surface area contributed by atoms with Crippen LogP contribution in [0.3, 0.4) is 0 Å². The SMILES string of the molecule is COCCC1(NS(=O)(=O)c2ccc3c(c2)CCC3)CCN(CC2CC2)CC1. The van der Waals surface area contributed by atoms with E-state index in [1.54, 1.807) is 13.2 Å². The lowest BCUT2D eigenvalue weighted by atomic mass is 9.85. The quantitative estimate of drug-likeness (QED) is 0.739. The highest BCUT2D eigenvalue weighted by molar-refractivity contribution is 7.89. The van der Waals surface area contributed by atoms with Gasteiger partial charge in [0.2, 0.25) is 10.0 Å². The van der Waals surface area contributed by atoms with Crippen molar-refractivity contribution in [3.8, 4) is 0 Å². The average molecular weight is 393 g/mol. The minimum atomic E-state index is -3.52. The second kappa shape index (κ2) is 7.82. The fourth-order valence-corrected chi connectivity index (χ4v) is 6.13. The van der Waals surface area contributed by atoms with E-state index in [2.05, 4.69) is 9.62 Å². The molecule has 0 bridgehead atoms. The molecule has 6 heteroatoms. The van der Waals surface area contributed by atoms with Gasteiger partial charge in [-0.1, -0.05) is 6.07 Å². The molecule has 1 N–H and O–H groups in total. The maximum atomic E-state index is 13.2. The number of hydrogen-bond donors (Lipinski definition) is 1. The molecule has 0 amide bonds. The summed E-state index contributed by atoms with van der Waals surface area (Å²) in [4.78, 5) is 2.92. The van der Waals surface area contributed by atoms with E-state index in [9.17, 15) is 8.42 Å². The monoisotopic (exact) mass is 392 g/mol. The minimum Gasteiger partial charge on any atom is -0.385 e. The van der Waals surface area contributed by atoms with E-state index in [4.69, 9.17) is 4.74 Å². The summed E-state index contributed by atoms with van der Waals surface area (Å²) in [5.74, 6) is 0.875. The van der Waals surface area contributed by atoms with Crippen molar-refractivity contribution in [2.24, 2.45) is 5.92 Å². The van der Waals surface area contributed by atoms with Crippen LogP contribution in [-0.2, 0) is 27.6 Å². The molecular weight excluding hydrogens is 360 g/mol. The summed E-state index contributed by atoms with van der Waals surface area (Å²) in [7, 11) is -1.84. The van der Waals surface area contributed by atoms with Gasteiger partial charge in [0.1, 0.15) is 0 Å². The van der Waals surface area contributed by atoms with Crippen molar-refractivity contribution < 1.29 is 13.2 Å². The molecule has 27 heavy (non-hydrogen) atoms. The Balaban J connectivity index is 1.48. The predicted octanol–water partition coefficient (Wildman–Crippen LogP) is 2.73. The largest absolute Gasteiger partial charge is 0.385 e. The minimum absolute atomic E-state index is 0.395. The highest BCUT2D eigenvalue weighted by atomic mass is 32.2. The molecule has 0 aromatic heterocycles. The van der Waals surface area contributed by atoms with Crippen LogP contribution in [-0.4, -0.2) is 52.2 Å². The van der Waals surface area contributed by atoms with E-state index in [1.165, 1.54) is 30.5 Å². The lowest BCUT2D eigenvalue weighted by molar-refractivity contribution is 0.105. The summed E-state index contributed by atoms with van der Waals surface area (Å²) in [6.07, 6.45) is 8.33. The molecule has 4 rings (SSSR count). The van der Waals surface area contributed by atoms with Gasteiger partial charge >= 0.3 is 0 Å². The Bertz CT molecular complexity index is 766. The highest BCUT2D eigenvalue weighted by Gasteiger charge is 2.39. The van der Waals surface area contributed by atoms with Gasteiger partial charge in [-0.25, -0.2) is 13.1 Å². The zero-order valence-electron chi connectivity index (χ0n) is 16.4. The van der Waals surface area contributed by atoms with Crippen molar-refractivity contribution in [3.05, 3.63) is 29.3 Å². The van der Waals surface area contributed by atoms with Crippen LogP contribution in [0.25, 0.3) is 0 Å². The van der Waals surface area contributed by atoms with Crippen LogP contribution < -0.4 is 4.72 Å². The van der Waals surface area contributed by atoms with Gasteiger partial charge in [-0.2, -0.15) is 0 Å². The Labute approximate surface area is 163 Å². The first-order valence-corrected chi connectivity index (χ1v) is 11.9. The second-order valence-corrected chi connectivity index (χ2v) is 10.3. The molecular formula is C21H32N2O3S.